The normalized spacial score (nSPS) is 22.9. The highest BCUT2D eigenvalue weighted by molar-refractivity contribution is 6.08. The van der Waals surface area contributed by atoms with Gasteiger partial charge in [0.15, 0.2) is 0 Å². The van der Waals surface area contributed by atoms with Crippen LogP contribution >= 0.6 is 0 Å². The lowest BCUT2D eigenvalue weighted by Crippen LogP contribution is -2.45. The van der Waals surface area contributed by atoms with E-state index in [-0.39, 0.29) is 18.0 Å². The zero-order valence-electron chi connectivity index (χ0n) is 18.6. The summed E-state index contributed by atoms with van der Waals surface area (Å²) in [5.41, 5.74) is 4.66. The van der Waals surface area contributed by atoms with E-state index in [1.54, 1.807) is 19.3 Å². The summed E-state index contributed by atoms with van der Waals surface area (Å²) >= 11 is 0. The maximum Gasteiger partial charge on any atom is 0.124 e. The number of nitrogens with one attached hydrogen (secondary N) is 4. The van der Waals surface area contributed by atoms with Crippen LogP contribution in [0.2, 0.25) is 0 Å². The van der Waals surface area contributed by atoms with Crippen LogP contribution in [-0.4, -0.2) is 36.9 Å². The van der Waals surface area contributed by atoms with E-state index >= 15 is 0 Å². The molecule has 1 aromatic rings. The smallest absolute Gasteiger partial charge is 0.124 e. The fourth-order valence-corrected chi connectivity index (χ4v) is 5.25. The van der Waals surface area contributed by atoms with E-state index in [9.17, 15) is 4.39 Å². The standard InChI is InChI=1S/C26H32FN5/c1-3-12-32-25-23(30-11-10-24(25)31-26(32)19-6-4-5-7-19)9-8-18-13-20(15-22(27)14-18)21(16-28)17-29-2/h1,10-11,13-17,19,23,26,28-31H,4-9,12H2,2H3/b21-17+,28-16?. The maximum absolute atomic E-state index is 14.3. The Morgan fingerprint density at radius 3 is 2.88 bits per heavy atom. The fourth-order valence-electron chi connectivity index (χ4n) is 5.25. The van der Waals surface area contributed by atoms with E-state index in [4.69, 9.17) is 11.8 Å². The molecule has 0 bridgehead atoms. The first-order valence-corrected chi connectivity index (χ1v) is 11.5. The van der Waals surface area contributed by atoms with Crippen LogP contribution in [0.3, 0.4) is 0 Å². The molecule has 0 saturated heterocycles. The van der Waals surface area contributed by atoms with Gasteiger partial charge in [-0.15, -0.1) is 6.42 Å². The molecule has 2 aliphatic heterocycles. The third-order valence-electron chi connectivity index (χ3n) is 6.68. The maximum atomic E-state index is 14.3. The van der Waals surface area contributed by atoms with Crippen molar-refractivity contribution >= 4 is 11.8 Å². The predicted molar refractivity (Wildman–Crippen MR) is 128 cm³/mol. The highest BCUT2D eigenvalue weighted by atomic mass is 19.1. The Morgan fingerprint density at radius 2 is 2.16 bits per heavy atom. The number of halogens is 1. The summed E-state index contributed by atoms with van der Waals surface area (Å²) in [4.78, 5) is 2.37. The van der Waals surface area contributed by atoms with E-state index in [0.29, 0.717) is 23.6 Å². The lowest BCUT2D eigenvalue weighted by Gasteiger charge is -2.34. The quantitative estimate of drug-likeness (QED) is 0.373. The highest BCUT2D eigenvalue weighted by Gasteiger charge is 2.39. The van der Waals surface area contributed by atoms with Gasteiger partial charge in [-0.3, -0.25) is 0 Å². The lowest BCUT2D eigenvalue weighted by atomic mass is 9.97. The summed E-state index contributed by atoms with van der Waals surface area (Å²) in [5, 5.41) is 17.8. The van der Waals surface area contributed by atoms with Gasteiger partial charge in [-0.25, -0.2) is 4.39 Å². The molecule has 2 heterocycles. The van der Waals surface area contributed by atoms with E-state index in [0.717, 1.165) is 24.1 Å². The van der Waals surface area contributed by atoms with Gasteiger partial charge in [0.2, 0.25) is 0 Å². The number of nitrogens with zero attached hydrogens (tertiary/aromatic N) is 1. The van der Waals surface area contributed by atoms with Crippen molar-refractivity contribution in [2.75, 3.05) is 13.6 Å². The van der Waals surface area contributed by atoms with Crippen molar-refractivity contribution in [2.45, 2.75) is 50.7 Å². The first kappa shape index (κ1) is 22.0. The van der Waals surface area contributed by atoms with E-state index in [1.807, 2.05) is 12.3 Å². The second kappa shape index (κ2) is 9.95. The number of hydrogen-bond acceptors (Lipinski definition) is 5. The molecule has 0 aromatic heterocycles. The molecule has 1 aliphatic carbocycles. The second-order valence-corrected chi connectivity index (χ2v) is 8.74. The zero-order chi connectivity index (χ0) is 22.5. The van der Waals surface area contributed by atoms with Crippen LogP contribution in [0.4, 0.5) is 4.39 Å². The topological polar surface area (TPSA) is 63.2 Å². The molecule has 32 heavy (non-hydrogen) atoms. The molecule has 1 saturated carbocycles. The Kier molecular flexibility index (Phi) is 6.84. The Bertz CT molecular complexity index is 980. The first-order chi connectivity index (χ1) is 15.6. The van der Waals surface area contributed by atoms with Crippen molar-refractivity contribution < 1.29 is 4.39 Å². The Morgan fingerprint density at radius 1 is 1.34 bits per heavy atom. The summed E-state index contributed by atoms with van der Waals surface area (Å²) in [7, 11) is 1.77. The Labute approximate surface area is 190 Å². The predicted octanol–water partition coefficient (Wildman–Crippen LogP) is 3.72. The summed E-state index contributed by atoms with van der Waals surface area (Å²) < 4.78 is 14.3. The number of terminal acetylenes is 1. The van der Waals surface area contributed by atoms with Crippen molar-refractivity contribution in [3.05, 3.63) is 65.0 Å². The summed E-state index contributed by atoms with van der Waals surface area (Å²) in [5.74, 6) is 3.19. The SMILES string of the molecule is C#CCN1C2=C(C=CNC2CCc2cc(F)cc(/C(C=N)=C/NC)c2)NC1C1CCCC1. The molecule has 2 atom stereocenters. The van der Waals surface area contributed by atoms with Crippen LogP contribution in [0.25, 0.3) is 5.57 Å². The van der Waals surface area contributed by atoms with Gasteiger partial charge in [0.1, 0.15) is 12.0 Å². The highest BCUT2D eigenvalue weighted by Crippen LogP contribution is 2.37. The van der Waals surface area contributed by atoms with Crippen LogP contribution in [-0.2, 0) is 6.42 Å². The van der Waals surface area contributed by atoms with Gasteiger partial charge in [0.05, 0.1) is 24.0 Å². The molecular formula is C26H32FN5. The van der Waals surface area contributed by atoms with Crippen molar-refractivity contribution in [3.63, 3.8) is 0 Å². The van der Waals surface area contributed by atoms with Gasteiger partial charge in [-0.05, 0) is 67.1 Å². The van der Waals surface area contributed by atoms with Crippen LogP contribution in [0, 0.1) is 29.5 Å². The van der Waals surface area contributed by atoms with Gasteiger partial charge in [-0.1, -0.05) is 24.8 Å². The van der Waals surface area contributed by atoms with Crippen LogP contribution in [0.1, 0.15) is 43.2 Å². The number of rotatable bonds is 8. The zero-order valence-corrected chi connectivity index (χ0v) is 18.6. The first-order valence-electron chi connectivity index (χ1n) is 11.5. The van der Waals surface area contributed by atoms with Crippen LogP contribution < -0.4 is 16.0 Å². The third kappa shape index (κ3) is 4.52. The summed E-state index contributed by atoms with van der Waals surface area (Å²) in [6, 6.07) is 5.15. The molecule has 0 radical (unpaired) electrons. The van der Waals surface area contributed by atoms with Crippen LogP contribution in [0.15, 0.2) is 48.1 Å². The molecule has 168 valence electrons. The molecule has 6 heteroatoms. The molecule has 5 nitrogen and oxygen atoms in total. The molecular weight excluding hydrogens is 401 g/mol. The van der Waals surface area contributed by atoms with Gasteiger partial charge < -0.3 is 26.3 Å². The van der Waals surface area contributed by atoms with Gasteiger partial charge >= 0.3 is 0 Å². The largest absolute Gasteiger partial charge is 0.393 e. The number of hydrogen-bond donors (Lipinski definition) is 4. The number of aryl methyl sites for hydroxylation is 1. The summed E-state index contributed by atoms with van der Waals surface area (Å²) in [6.45, 7) is 0.584. The third-order valence-corrected chi connectivity index (χ3v) is 6.68. The molecule has 1 aromatic carbocycles. The van der Waals surface area contributed by atoms with E-state index in [1.165, 1.54) is 43.7 Å². The molecule has 1 fully saturated rings. The molecule has 3 aliphatic rings. The number of allylic oxidation sites excluding steroid dienone is 2. The van der Waals surface area contributed by atoms with Gasteiger partial charge in [-0.2, -0.15) is 0 Å². The molecule has 4 rings (SSSR count). The molecule has 2 unspecified atom stereocenters. The number of dihydropyridines is 1. The summed E-state index contributed by atoms with van der Waals surface area (Å²) in [6.07, 6.45) is 19.7. The van der Waals surface area contributed by atoms with Gasteiger partial charge in [0, 0.05) is 25.0 Å². The minimum absolute atomic E-state index is 0.115. The van der Waals surface area contributed by atoms with Crippen molar-refractivity contribution in [2.24, 2.45) is 5.92 Å². The average Bonchev–Trinajstić information content (AvgIpc) is 3.44. The Hall–Kier alpha value is -3.20. The Balaban J connectivity index is 1.52. The molecule has 0 amide bonds. The van der Waals surface area contributed by atoms with Crippen molar-refractivity contribution in [1.82, 2.24) is 20.9 Å². The van der Waals surface area contributed by atoms with Crippen LogP contribution in [0.5, 0.6) is 0 Å². The minimum atomic E-state index is -0.282. The fraction of sp³-hybridized carbons (Fsp3) is 0.423. The second-order valence-electron chi connectivity index (χ2n) is 8.74. The molecule has 0 spiro atoms. The minimum Gasteiger partial charge on any atom is -0.393 e. The van der Waals surface area contributed by atoms with Crippen molar-refractivity contribution in [1.29, 1.82) is 5.41 Å². The molecule has 4 N–H and O–H groups in total. The monoisotopic (exact) mass is 433 g/mol. The average molecular weight is 434 g/mol. The van der Waals surface area contributed by atoms with E-state index in [2.05, 4.69) is 32.8 Å². The van der Waals surface area contributed by atoms with Gasteiger partial charge in [0.25, 0.3) is 0 Å². The number of benzene rings is 1. The van der Waals surface area contributed by atoms with Crippen molar-refractivity contribution in [3.8, 4) is 12.3 Å². The lowest BCUT2D eigenvalue weighted by molar-refractivity contribution is 0.195. The van der Waals surface area contributed by atoms with E-state index < -0.39 is 0 Å².